The molecule has 434 valence electrons. The Bertz CT molecular complexity index is 3170. The highest BCUT2D eigenvalue weighted by Crippen LogP contribution is 2.28. The Morgan fingerprint density at radius 1 is 0.183 bits per heavy atom. The number of rotatable bonds is 7. The number of hydrogen-bond donors (Lipinski definition) is 2. The van der Waals surface area contributed by atoms with E-state index in [2.05, 4.69) is 21.3 Å². The van der Waals surface area contributed by atoms with Crippen molar-refractivity contribution in [3.63, 3.8) is 0 Å². The minimum atomic E-state index is -5.66. The third kappa shape index (κ3) is 9.71. The zero-order chi connectivity index (χ0) is 62.0. The van der Waals surface area contributed by atoms with Crippen molar-refractivity contribution in [2.24, 2.45) is 0 Å². The third-order valence-electron chi connectivity index (χ3n) is 12.1. The van der Waals surface area contributed by atoms with Gasteiger partial charge in [0.05, 0.1) is 0 Å². The lowest BCUT2D eigenvalue weighted by atomic mass is 9.24. The highest BCUT2D eigenvalue weighted by Gasteiger charge is 2.53. The summed E-state index contributed by atoms with van der Waals surface area (Å²) < 4.78 is 422. The zero-order valence-electron chi connectivity index (χ0n) is 38.4. The van der Waals surface area contributed by atoms with E-state index in [0.717, 1.165) is 0 Å². The molecule has 0 aliphatic rings. The molecule has 0 bridgehead atoms. The van der Waals surface area contributed by atoms with E-state index in [4.69, 9.17) is 0 Å². The second-order valence-corrected chi connectivity index (χ2v) is 16.5. The van der Waals surface area contributed by atoms with E-state index in [-0.39, 0.29) is 0 Å². The molecule has 0 radical (unpaired) electrons. The highest BCUT2D eigenvalue weighted by molar-refractivity contribution is 7.05. The van der Waals surface area contributed by atoms with Gasteiger partial charge in [0.15, 0.2) is 105 Å². The van der Waals surface area contributed by atoms with Crippen molar-refractivity contribution in [1.82, 2.24) is 9.97 Å². The summed E-state index contributed by atoms with van der Waals surface area (Å²) in [6.45, 7) is 0. The fourth-order valence-electron chi connectivity index (χ4n) is 8.28. The number of aromatic nitrogens is 2. The van der Waals surface area contributed by atoms with Crippen LogP contribution in [-0.4, -0.2) is 22.5 Å². The lowest BCUT2D eigenvalue weighted by Crippen LogP contribution is -2.97. The Balaban J connectivity index is 0.000000219. The van der Waals surface area contributed by atoms with E-state index < -0.39 is 220 Å². The van der Waals surface area contributed by atoms with Gasteiger partial charge in [0.25, 0.3) is 0 Å². The average molecular weight is 1210 g/mol. The Kier molecular flexibility index (Phi) is 17.5. The number of halogens is 30. The Morgan fingerprint density at radius 2 is 0.280 bits per heavy atom. The highest BCUT2D eigenvalue weighted by atomic mass is 19.2. The van der Waals surface area contributed by atoms with Crippen LogP contribution < -0.4 is 44.1 Å². The number of quaternary nitrogens is 2. The maximum absolute atomic E-state index is 14.6. The van der Waals surface area contributed by atoms with Crippen molar-refractivity contribution in [3.05, 3.63) is 224 Å². The van der Waals surface area contributed by atoms with Crippen LogP contribution in [0.25, 0.3) is 11.1 Å². The number of hydrogen-bond acceptors (Lipinski definition) is 2. The topological polar surface area (TPSA) is 81.1 Å². The summed E-state index contributed by atoms with van der Waals surface area (Å²) in [5.74, 6) is -91.5. The lowest BCUT2D eigenvalue weighted by Gasteiger charge is -2.35. The van der Waals surface area contributed by atoms with E-state index in [1.807, 2.05) is 24.3 Å². The molecule has 0 fully saturated rings. The predicted octanol–water partition coefficient (Wildman–Crippen LogP) is 8.11. The van der Waals surface area contributed by atoms with Crippen molar-refractivity contribution >= 4 is 45.3 Å². The van der Waals surface area contributed by atoms with Crippen LogP contribution >= 0.6 is 0 Å². The van der Waals surface area contributed by atoms with Gasteiger partial charge in [-0.15, -0.1) is 0 Å². The maximum Gasteiger partial charge on any atom is 0.304 e. The molecule has 82 heavy (non-hydrogen) atoms. The van der Waals surface area contributed by atoms with Gasteiger partial charge >= 0.3 is 12.6 Å². The first-order chi connectivity index (χ1) is 38.0. The molecule has 36 heteroatoms. The monoisotopic (exact) mass is 1210 g/mol. The van der Waals surface area contributed by atoms with Gasteiger partial charge in [-0.25, -0.2) is 132 Å². The fourth-order valence-corrected chi connectivity index (χ4v) is 8.28. The minimum absolute atomic E-state index is 1.17. The van der Waals surface area contributed by atoms with Crippen molar-refractivity contribution in [1.29, 1.82) is 0 Å². The molecule has 0 unspecified atom stereocenters. The summed E-state index contributed by atoms with van der Waals surface area (Å²) in [5.41, 5.74) is -9.04. The van der Waals surface area contributed by atoms with Crippen molar-refractivity contribution in [2.75, 3.05) is 0 Å². The Labute approximate surface area is 432 Å². The van der Waals surface area contributed by atoms with Crippen molar-refractivity contribution < 1.29 is 143 Å². The Morgan fingerprint density at radius 3 is 0.390 bits per heavy atom. The molecule has 0 aliphatic carbocycles. The minimum Gasteiger partial charge on any atom is -0.536 e. The molecule has 0 atom stereocenters. The first-order valence-corrected chi connectivity index (χ1v) is 21.0. The van der Waals surface area contributed by atoms with Crippen LogP contribution in [0.3, 0.4) is 0 Å². The van der Waals surface area contributed by atoms with E-state index >= 15 is 0 Å². The van der Waals surface area contributed by atoms with Crippen LogP contribution in [0, 0.1) is 175 Å². The smallest absolute Gasteiger partial charge is 0.304 e. The standard InChI is InChI=1S/2C18H3BF15N.C10H8N2/c2*20-4-1(5(21)11(27)16(32)10(4)26)19(35,2-6(22)12(28)17(33)13(29)7(2)23)3-8(24)14(30)18(34)15(31)9(3)25;1-5-11-6-2-9(1)10-3-7-12-8-4-10/h2*35H3;1-8H. The van der Waals surface area contributed by atoms with Crippen LogP contribution in [0.4, 0.5) is 132 Å². The van der Waals surface area contributed by atoms with Crippen LogP contribution in [-0.2, 0) is 0 Å². The molecule has 0 aliphatic heterocycles. The van der Waals surface area contributed by atoms with E-state index in [1.165, 1.54) is 11.1 Å². The van der Waals surface area contributed by atoms with Gasteiger partial charge < -0.3 is 11.3 Å². The van der Waals surface area contributed by atoms with Crippen molar-refractivity contribution in [3.8, 4) is 11.1 Å². The molecule has 4 nitrogen and oxygen atoms in total. The molecule has 0 amide bonds. The van der Waals surface area contributed by atoms with Crippen LogP contribution in [0.5, 0.6) is 0 Å². The van der Waals surface area contributed by atoms with E-state index in [1.54, 1.807) is 24.8 Å². The second kappa shape index (κ2) is 22.8. The molecular formula is C46H14B2F30N4. The summed E-state index contributed by atoms with van der Waals surface area (Å²) in [7, 11) is 0. The molecule has 0 spiro atoms. The first kappa shape index (κ1) is 62.8. The molecule has 0 saturated heterocycles. The number of pyridine rings is 2. The second-order valence-electron chi connectivity index (χ2n) is 16.5. The van der Waals surface area contributed by atoms with Gasteiger partial charge in [-0.05, 0) is 35.4 Å². The number of benzene rings is 6. The molecule has 8 aromatic rings. The average Bonchev–Trinajstić information content (AvgIpc) is 3.58. The summed E-state index contributed by atoms with van der Waals surface area (Å²) in [6.07, 6.45) is -4.18. The van der Waals surface area contributed by atoms with E-state index in [9.17, 15) is 132 Å². The van der Waals surface area contributed by atoms with E-state index in [0.29, 0.717) is 0 Å². The summed E-state index contributed by atoms with van der Waals surface area (Å²) in [5, 5.41) is 0. The lowest BCUT2D eigenvalue weighted by molar-refractivity contribution is -0.195. The SMILES string of the molecule is [NH3+][B-](c1c(F)c(F)c(F)c(F)c1F)(c1c(F)c(F)c(F)c(F)c1F)c1c(F)c(F)c(F)c(F)c1F.[NH3+][B-](c1c(F)c(F)c(F)c(F)c1F)(c1c(F)c(F)c(F)c(F)c1F)c1c(F)c(F)c(F)c(F)c1F.c1cc(-c2ccncc2)ccn1. The molecule has 2 heterocycles. The normalized spacial score (nSPS) is 11.7. The zero-order valence-corrected chi connectivity index (χ0v) is 38.4. The van der Waals surface area contributed by atoms with Gasteiger partial charge in [-0.3, -0.25) is 9.97 Å². The van der Waals surface area contributed by atoms with Crippen molar-refractivity contribution in [2.45, 2.75) is 0 Å². The molecular weight excluding hydrogens is 1200 g/mol. The van der Waals surface area contributed by atoms with Crippen LogP contribution in [0.15, 0.2) is 49.1 Å². The van der Waals surface area contributed by atoms with Gasteiger partial charge in [0.1, 0.15) is 69.8 Å². The fraction of sp³-hybridized carbons (Fsp3) is 0. The van der Waals surface area contributed by atoms with Crippen LogP contribution in [0.2, 0.25) is 0 Å². The molecule has 6 N–H and O–H groups in total. The molecule has 0 saturated carbocycles. The first-order valence-electron chi connectivity index (χ1n) is 21.0. The molecule has 8 rings (SSSR count). The maximum atomic E-state index is 14.6. The van der Waals surface area contributed by atoms with Gasteiger partial charge in [-0.1, -0.05) is 32.8 Å². The summed E-state index contributed by atoms with van der Waals surface area (Å²) in [6, 6.07) is 7.93. The quantitative estimate of drug-likeness (QED) is 0.0733. The van der Waals surface area contributed by atoms with Crippen LogP contribution in [0.1, 0.15) is 0 Å². The van der Waals surface area contributed by atoms with Gasteiger partial charge in [0.2, 0.25) is 0 Å². The largest absolute Gasteiger partial charge is 0.536 e. The van der Waals surface area contributed by atoms with Gasteiger partial charge in [-0.2, -0.15) is 0 Å². The Hall–Kier alpha value is -8.43. The van der Waals surface area contributed by atoms with Gasteiger partial charge in [0, 0.05) is 24.8 Å². The molecule has 2 aromatic heterocycles. The summed E-state index contributed by atoms with van der Waals surface area (Å²) in [4.78, 5) is 7.91. The third-order valence-corrected chi connectivity index (χ3v) is 12.1. The summed E-state index contributed by atoms with van der Waals surface area (Å²) >= 11 is 0. The predicted molar refractivity (Wildman–Crippen MR) is 220 cm³/mol. The number of nitrogens with zero attached hydrogens (tertiary/aromatic N) is 2. The molecule has 6 aromatic carbocycles.